The molecule has 132 valence electrons. The van der Waals surface area contributed by atoms with Crippen molar-refractivity contribution in [3.05, 3.63) is 64.8 Å². The summed E-state index contributed by atoms with van der Waals surface area (Å²) in [5.74, 6) is 0.156. The number of carbonyl (C=O) groups excluding carboxylic acids is 1. The molecule has 0 saturated heterocycles. The molecule has 0 fully saturated rings. The highest BCUT2D eigenvalue weighted by atomic mass is 35.5. The number of halogens is 1. The number of nitrogens with one attached hydrogen (secondary N) is 1. The Bertz CT molecular complexity index is 967. The molecule has 0 atom stereocenters. The van der Waals surface area contributed by atoms with E-state index in [0.29, 0.717) is 16.3 Å². The van der Waals surface area contributed by atoms with Crippen molar-refractivity contribution < 1.29 is 9.32 Å². The molecule has 0 radical (unpaired) electrons. The molecule has 0 unspecified atom stereocenters. The molecule has 1 amide bonds. The van der Waals surface area contributed by atoms with Gasteiger partial charge in [-0.05, 0) is 48.7 Å². The fraction of sp³-hybridized carbons (Fsp3) is 0.200. The van der Waals surface area contributed by atoms with Gasteiger partial charge in [0.05, 0.1) is 5.02 Å². The van der Waals surface area contributed by atoms with Crippen molar-refractivity contribution in [2.75, 3.05) is 23.8 Å². The highest BCUT2D eigenvalue weighted by molar-refractivity contribution is 6.33. The van der Waals surface area contributed by atoms with Crippen LogP contribution in [0.3, 0.4) is 0 Å². The zero-order valence-electron chi connectivity index (χ0n) is 14.3. The molecule has 2 aromatic carbocycles. The van der Waals surface area contributed by atoms with Gasteiger partial charge in [0.1, 0.15) is 0 Å². The van der Waals surface area contributed by atoms with E-state index in [1.165, 1.54) is 11.3 Å². The first-order chi connectivity index (χ1) is 12.6. The van der Waals surface area contributed by atoms with Gasteiger partial charge < -0.3 is 14.7 Å². The summed E-state index contributed by atoms with van der Waals surface area (Å²) in [7, 11) is 2.09. The van der Waals surface area contributed by atoms with Gasteiger partial charge in [0.2, 0.25) is 0 Å². The monoisotopic (exact) mass is 367 g/mol. The Hall–Kier alpha value is -2.79. The molecular formula is C20H18ClN3O2. The number of nitrogens with zero attached hydrogens (tertiary/aromatic N) is 2. The van der Waals surface area contributed by atoms with E-state index in [0.717, 1.165) is 25.1 Å². The topological polar surface area (TPSA) is 58.4 Å². The van der Waals surface area contributed by atoms with Crippen LogP contribution in [0, 0.1) is 0 Å². The lowest BCUT2D eigenvalue weighted by Gasteiger charge is -2.27. The van der Waals surface area contributed by atoms with Crippen LogP contribution < -0.4 is 10.2 Å². The second-order valence-electron chi connectivity index (χ2n) is 6.38. The number of carbonyl (C=O) groups is 1. The van der Waals surface area contributed by atoms with Crippen LogP contribution >= 0.6 is 11.6 Å². The molecule has 0 saturated carbocycles. The van der Waals surface area contributed by atoms with Crippen molar-refractivity contribution in [1.29, 1.82) is 0 Å². The van der Waals surface area contributed by atoms with Gasteiger partial charge in [0, 0.05) is 36.6 Å². The third-order valence-corrected chi connectivity index (χ3v) is 4.90. The normalized spacial score (nSPS) is 13.4. The van der Waals surface area contributed by atoms with E-state index in [2.05, 4.69) is 22.4 Å². The minimum atomic E-state index is -0.309. The molecular weight excluding hydrogens is 350 g/mol. The Kier molecular flexibility index (Phi) is 4.39. The van der Waals surface area contributed by atoms with Crippen LogP contribution in [0.5, 0.6) is 0 Å². The summed E-state index contributed by atoms with van der Waals surface area (Å²) in [6.45, 7) is 1.06. The molecule has 1 aliphatic rings. The van der Waals surface area contributed by atoms with Crippen LogP contribution in [0.1, 0.15) is 22.5 Å². The predicted molar refractivity (Wildman–Crippen MR) is 103 cm³/mol. The minimum absolute atomic E-state index is 0.217. The molecule has 1 aromatic heterocycles. The third-order valence-electron chi connectivity index (χ3n) is 4.57. The quantitative estimate of drug-likeness (QED) is 0.733. The Morgan fingerprint density at radius 3 is 2.92 bits per heavy atom. The van der Waals surface area contributed by atoms with Gasteiger partial charge in [-0.15, -0.1) is 0 Å². The summed E-state index contributed by atoms with van der Waals surface area (Å²) < 4.78 is 5.29. The molecule has 5 nitrogen and oxygen atoms in total. The van der Waals surface area contributed by atoms with Gasteiger partial charge in [0.15, 0.2) is 11.5 Å². The lowest BCUT2D eigenvalue weighted by molar-refractivity contribution is 0.101. The lowest BCUT2D eigenvalue weighted by Crippen LogP contribution is -2.24. The van der Waals surface area contributed by atoms with Crippen LogP contribution in [0.25, 0.3) is 11.3 Å². The smallest absolute Gasteiger partial charge is 0.277 e. The summed E-state index contributed by atoms with van der Waals surface area (Å²) in [4.78, 5) is 14.7. The van der Waals surface area contributed by atoms with Crippen molar-refractivity contribution in [3.8, 4) is 11.3 Å². The van der Waals surface area contributed by atoms with E-state index < -0.39 is 0 Å². The molecule has 2 heterocycles. The minimum Gasteiger partial charge on any atom is -0.374 e. The predicted octanol–water partition coefficient (Wildman–Crippen LogP) is 4.63. The number of fused-ring (bicyclic) bond motifs is 1. The summed E-state index contributed by atoms with van der Waals surface area (Å²) in [5.41, 5.74) is 4.14. The summed E-state index contributed by atoms with van der Waals surface area (Å²) in [6.07, 6.45) is 2.13. The molecule has 0 bridgehead atoms. The van der Waals surface area contributed by atoms with Crippen LogP contribution in [0.4, 0.5) is 11.4 Å². The Labute approximate surface area is 156 Å². The molecule has 3 aromatic rings. The molecule has 0 spiro atoms. The highest BCUT2D eigenvalue weighted by Gasteiger charge is 2.17. The number of anilines is 2. The van der Waals surface area contributed by atoms with E-state index in [1.807, 2.05) is 36.4 Å². The number of amides is 1. The number of aryl methyl sites for hydroxylation is 1. The van der Waals surface area contributed by atoms with Gasteiger partial charge >= 0.3 is 0 Å². The maximum Gasteiger partial charge on any atom is 0.277 e. The summed E-state index contributed by atoms with van der Waals surface area (Å²) >= 11 is 6.16. The third kappa shape index (κ3) is 3.18. The number of hydrogen-bond donors (Lipinski definition) is 1. The Morgan fingerprint density at radius 2 is 2.08 bits per heavy atom. The van der Waals surface area contributed by atoms with E-state index in [4.69, 9.17) is 16.1 Å². The Balaban J connectivity index is 1.53. The van der Waals surface area contributed by atoms with Crippen molar-refractivity contribution in [1.82, 2.24) is 5.16 Å². The zero-order valence-corrected chi connectivity index (χ0v) is 15.1. The Morgan fingerprint density at radius 1 is 1.23 bits per heavy atom. The van der Waals surface area contributed by atoms with Crippen LogP contribution in [-0.4, -0.2) is 24.7 Å². The molecule has 0 aliphatic carbocycles. The highest BCUT2D eigenvalue weighted by Crippen LogP contribution is 2.30. The van der Waals surface area contributed by atoms with Gasteiger partial charge in [-0.2, -0.15) is 0 Å². The first kappa shape index (κ1) is 16.7. The molecule has 1 aliphatic heterocycles. The van der Waals surface area contributed by atoms with Gasteiger partial charge in [-0.3, -0.25) is 4.79 Å². The lowest BCUT2D eigenvalue weighted by atomic mass is 10.0. The number of benzene rings is 2. The zero-order chi connectivity index (χ0) is 18.1. The average molecular weight is 368 g/mol. The van der Waals surface area contributed by atoms with Crippen molar-refractivity contribution in [2.24, 2.45) is 0 Å². The molecule has 26 heavy (non-hydrogen) atoms. The van der Waals surface area contributed by atoms with Gasteiger partial charge in [0.25, 0.3) is 5.91 Å². The fourth-order valence-corrected chi connectivity index (χ4v) is 3.46. The van der Waals surface area contributed by atoms with Crippen LogP contribution in [0.15, 0.2) is 53.1 Å². The average Bonchev–Trinajstić information content (AvgIpc) is 3.12. The molecule has 1 N–H and O–H groups in total. The molecule has 4 rings (SSSR count). The van der Waals surface area contributed by atoms with Crippen LogP contribution in [-0.2, 0) is 6.42 Å². The standard InChI is InChI=1S/C20H18ClN3O2/c1-24-10-4-5-13-11-14(8-9-18(13)24)22-20(25)17-12-19(26-23-17)15-6-2-3-7-16(15)21/h2-3,6-9,11-12H,4-5,10H2,1H3,(H,22,25). The first-order valence-corrected chi connectivity index (χ1v) is 8.86. The van der Waals surface area contributed by atoms with Crippen LogP contribution in [0.2, 0.25) is 5.02 Å². The number of hydrogen-bond acceptors (Lipinski definition) is 4. The summed E-state index contributed by atoms with van der Waals surface area (Å²) in [5, 5.41) is 7.32. The van der Waals surface area contributed by atoms with Crippen molar-refractivity contribution in [2.45, 2.75) is 12.8 Å². The van der Waals surface area contributed by atoms with Gasteiger partial charge in [-0.25, -0.2) is 0 Å². The maximum atomic E-state index is 12.5. The number of aromatic nitrogens is 1. The SMILES string of the molecule is CN1CCCc2cc(NC(=O)c3cc(-c4ccccc4Cl)on3)ccc21. The van der Waals surface area contributed by atoms with E-state index in [1.54, 1.807) is 12.1 Å². The van der Waals surface area contributed by atoms with E-state index in [-0.39, 0.29) is 11.6 Å². The first-order valence-electron chi connectivity index (χ1n) is 8.49. The van der Waals surface area contributed by atoms with Crippen molar-refractivity contribution in [3.63, 3.8) is 0 Å². The largest absolute Gasteiger partial charge is 0.374 e. The van der Waals surface area contributed by atoms with Gasteiger partial charge in [-0.1, -0.05) is 28.9 Å². The van der Waals surface area contributed by atoms with Crippen molar-refractivity contribution >= 4 is 28.9 Å². The maximum absolute atomic E-state index is 12.5. The summed E-state index contributed by atoms with van der Waals surface area (Å²) in [6, 6.07) is 14.9. The second kappa shape index (κ2) is 6.84. The molecule has 6 heteroatoms. The van der Waals surface area contributed by atoms with E-state index in [9.17, 15) is 4.79 Å². The number of rotatable bonds is 3. The van der Waals surface area contributed by atoms with E-state index >= 15 is 0 Å². The fourth-order valence-electron chi connectivity index (χ4n) is 3.23. The second-order valence-corrected chi connectivity index (χ2v) is 6.79.